The smallest absolute Gasteiger partial charge is 0.336 e. The Morgan fingerprint density at radius 1 is 1.28 bits per heavy atom. The van der Waals surface area contributed by atoms with Gasteiger partial charge in [0.05, 0.1) is 17.1 Å². The summed E-state index contributed by atoms with van der Waals surface area (Å²) >= 11 is 0. The molecule has 2 N–H and O–H groups in total. The second kappa shape index (κ2) is 7.08. The fourth-order valence-corrected chi connectivity index (χ4v) is 6.00. The van der Waals surface area contributed by atoms with Crippen molar-refractivity contribution in [3.8, 4) is 11.5 Å². The minimum absolute atomic E-state index is 0.00857. The average molecular weight is 441 g/mol. The maximum absolute atomic E-state index is 12.5. The van der Waals surface area contributed by atoms with Crippen molar-refractivity contribution in [2.24, 2.45) is 0 Å². The lowest BCUT2D eigenvalue weighted by molar-refractivity contribution is -0.168. The van der Waals surface area contributed by atoms with E-state index in [-0.39, 0.29) is 30.1 Å². The Morgan fingerprint density at radius 3 is 2.78 bits per heavy atom. The first-order valence-electron chi connectivity index (χ1n) is 10.9. The largest absolute Gasteiger partial charge is 0.504 e. The van der Waals surface area contributed by atoms with Gasteiger partial charge in [0.25, 0.3) is 0 Å². The van der Waals surface area contributed by atoms with Gasteiger partial charge in [-0.2, -0.15) is 0 Å². The van der Waals surface area contributed by atoms with E-state index in [0.717, 1.165) is 29.8 Å². The molecular formula is C24H27NO7. The molecule has 0 aromatic heterocycles. The maximum Gasteiger partial charge on any atom is 0.336 e. The molecular weight excluding hydrogens is 414 g/mol. The molecule has 2 heterocycles. The highest BCUT2D eigenvalue weighted by Crippen LogP contribution is 2.65. The summed E-state index contributed by atoms with van der Waals surface area (Å²) < 4.78 is 16.8. The van der Waals surface area contributed by atoms with E-state index in [0.29, 0.717) is 18.6 Å². The highest BCUT2D eigenvalue weighted by molar-refractivity contribution is 5.92. The van der Waals surface area contributed by atoms with E-state index in [1.165, 1.54) is 0 Å². The van der Waals surface area contributed by atoms with Crippen LogP contribution < -0.4 is 4.74 Å². The van der Waals surface area contributed by atoms with Gasteiger partial charge in [-0.3, -0.25) is 0 Å². The topological polar surface area (TPSA) is 106 Å². The number of carbonyl (C=O) groups is 2. The van der Waals surface area contributed by atoms with Crippen molar-refractivity contribution in [2.75, 3.05) is 13.6 Å². The third-order valence-corrected chi connectivity index (χ3v) is 7.28. The molecule has 2 aliphatic carbocycles. The van der Waals surface area contributed by atoms with Crippen LogP contribution in [0, 0.1) is 0 Å². The van der Waals surface area contributed by atoms with Crippen molar-refractivity contribution in [3.63, 3.8) is 0 Å². The number of esters is 2. The molecule has 2 bridgehead atoms. The number of ether oxygens (including phenoxy) is 3. The molecule has 0 saturated carbocycles. The van der Waals surface area contributed by atoms with Crippen LogP contribution in [-0.4, -0.2) is 64.5 Å². The second-order valence-electron chi connectivity index (χ2n) is 9.34. The average Bonchev–Trinajstić information content (AvgIpc) is 3.08. The molecule has 1 aromatic carbocycles. The van der Waals surface area contributed by atoms with E-state index in [2.05, 4.69) is 4.90 Å². The number of benzene rings is 1. The quantitative estimate of drug-likeness (QED) is 0.538. The van der Waals surface area contributed by atoms with Gasteiger partial charge in [0, 0.05) is 30.2 Å². The zero-order valence-electron chi connectivity index (χ0n) is 18.3. The van der Waals surface area contributed by atoms with Gasteiger partial charge in [0.2, 0.25) is 0 Å². The molecule has 8 heteroatoms. The summed E-state index contributed by atoms with van der Waals surface area (Å²) in [6.45, 7) is 4.17. The fourth-order valence-electron chi connectivity index (χ4n) is 6.00. The number of rotatable bonds is 4. The van der Waals surface area contributed by atoms with Gasteiger partial charge in [0.15, 0.2) is 17.6 Å². The first kappa shape index (κ1) is 21.0. The van der Waals surface area contributed by atoms with Crippen LogP contribution in [0.25, 0.3) is 0 Å². The molecule has 0 amide bonds. The molecule has 32 heavy (non-hydrogen) atoms. The number of piperidine rings is 1. The number of phenolic OH excluding ortho intramolecular Hbond substituents is 1. The van der Waals surface area contributed by atoms with Crippen LogP contribution in [0.1, 0.15) is 37.8 Å². The van der Waals surface area contributed by atoms with E-state index in [9.17, 15) is 19.8 Å². The Labute approximate surface area is 186 Å². The number of likely N-dealkylation sites (N-methyl/N-ethyl adjacent to an activating group) is 1. The number of aromatic hydroxyl groups is 1. The van der Waals surface area contributed by atoms with E-state index in [4.69, 9.17) is 14.2 Å². The van der Waals surface area contributed by atoms with Crippen LogP contribution in [0.3, 0.4) is 0 Å². The zero-order valence-corrected chi connectivity index (χ0v) is 18.3. The number of phenols is 1. The third-order valence-electron chi connectivity index (χ3n) is 7.28. The monoisotopic (exact) mass is 441 g/mol. The van der Waals surface area contributed by atoms with Crippen molar-refractivity contribution >= 4 is 11.9 Å². The van der Waals surface area contributed by atoms with Gasteiger partial charge >= 0.3 is 11.9 Å². The van der Waals surface area contributed by atoms with Gasteiger partial charge in [-0.25, -0.2) is 9.59 Å². The van der Waals surface area contributed by atoms with Gasteiger partial charge in [0.1, 0.15) is 5.76 Å². The minimum Gasteiger partial charge on any atom is -0.504 e. The molecule has 5 rings (SSSR count). The molecule has 1 fully saturated rings. The number of nitrogens with zero attached hydrogens (tertiary/aromatic N) is 1. The van der Waals surface area contributed by atoms with Gasteiger partial charge < -0.3 is 29.3 Å². The first-order chi connectivity index (χ1) is 15.2. The maximum atomic E-state index is 12.5. The standard InChI is InChI=1S/C24H27NO7/c1-13(2)30-18(27)6-7-19(28)31-16-8-9-24(29)17-12-14-4-5-15(26)21-20(14)23(24,22(16)32-21)10-11-25(17)3/h4-8,13,17,22,26,29H,9-12H2,1-3H3/b7-6+/t17-,22?,23?,24-/m1/s1. The summed E-state index contributed by atoms with van der Waals surface area (Å²) in [7, 11) is 2.01. The summed E-state index contributed by atoms with van der Waals surface area (Å²) in [6.07, 6.45) is 4.23. The van der Waals surface area contributed by atoms with Crippen molar-refractivity contribution in [3.05, 3.63) is 47.2 Å². The van der Waals surface area contributed by atoms with Gasteiger partial charge in [-0.15, -0.1) is 0 Å². The van der Waals surface area contributed by atoms with Gasteiger partial charge in [-0.1, -0.05) is 6.07 Å². The Hall–Kier alpha value is -2.84. The molecule has 170 valence electrons. The zero-order chi connectivity index (χ0) is 22.8. The number of likely N-dealkylation sites (tertiary alicyclic amines) is 1. The Morgan fingerprint density at radius 2 is 2.03 bits per heavy atom. The lowest BCUT2D eigenvalue weighted by Crippen LogP contribution is -2.74. The van der Waals surface area contributed by atoms with Crippen LogP contribution in [0.4, 0.5) is 0 Å². The van der Waals surface area contributed by atoms with Crippen LogP contribution in [-0.2, 0) is 30.9 Å². The summed E-state index contributed by atoms with van der Waals surface area (Å²) in [6, 6.07) is 3.38. The van der Waals surface area contributed by atoms with Crippen molar-refractivity contribution in [1.29, 1.82) is 0 Å². The molecule has 8 nitrogen and oxygen atoms in total. The van der Waals surface area contributed by atoms with Crippen molar-refractivity contribution in [1.82, 2.24) is 4.90 Å². The summed E-state index contributed by atoms with van der Waals surface area (Å²) in [5, 5.41) is 22.5. The molecule has 2 unspecified atom stereocenters. The van der Waals surface area contributed by atoms with Crippen LogP contribution in [0.2, 0.25) is 0 Å². The van der Waals surface area contributed by atoms with Crippen molar-refractivity contribution in [2.45, 2.75) is 62.4 Å². The number of carbonyl (C=O) groups excluding carboxylic acids is 2. The minimum atomic E-state index is -1.12. The highest BCUT2D eigenvalue weighted by Gasteiger charge is 2.72. The van der Waals surface area contributed by atoms with E-state index in [1.54, 1.807) is 26.0 Å². The van der Waals surface area contributed by atoms with E-state index in [1.807, 2.05) is 13.1 Å². The Balaban J connectivity index is 1.51. The predicted octanol–water partition coefficient (Wildman–Crippen LogP) is 1.72. The summed E-state index contributed by atoms with van der Waals surface area (Å²) in [5.41, 5.74) is -0.0857. The number of hydrogen-bond donors (Lipinski definition) is 2. The normalized spacial score (nSPS) is 32.3. The predicted molar refractivity (Wildman–Crippen MR) is 113 cm³/mol. The summed E-state index contributed by atoms with van der Waals surface area (Å²) in [5.74, 6) is -0.716. The summed E-state index contributed by atoms with van der Waals surface area (Å²) in [4.78, 5) is 26.3. The van der Waals surface area contributed by atoms with Gasteiger partial charge in [-0.05, 0) is 58.0 Å². The lowest BCUT2D eigenvalue weighted by atomic mass is 9.50. The first-order valence-corrected chi connectivity index (χ1v) is 10.9. The lowest BCUT2D eigenvalue weighted by Gasteiger charge is -2.61. The molecule has 1 aromatic rings. The SMILES string of the molecule is CC(C)OC(=O)/C=C/C(=O)OC1=CC[C@@]2(O)[C@H]3Cc4ccc(O)c5c4C2(CCN3C)C1O5. The van der Waals surface area contributed by atoms with E-state index >= 15 is 0 Å². The number of aliphatic hydroxyl groups is 1. The fraction of sp³-hybridized carbons (Fsp3) is 0.500. The molecule has 4 atom stereocenters. The van der Waals surface area contributed by atoms with Crippen molar-refractivity contribution < 1.29 is 34.0 Å². The molecule has 0 radical (unpaired) electrons. The molecule has 1 spiro atoms. The second-order valence-corrected chi connectivity index (χ2v) is 9.34. The van der Waals surface area contributed by atoms with Crippen LogP contribution >= 0.6 is 0 Å². The Bertz CT molecular complexity index is 1060. The van der Waals surface area contributed by atoms with Crippen LogP contribution in [0.5, 0.6) is 11.5 Å². The Kier molecular flexibility index (Phi) is 4.65. The van der Waals surface area contributed by atoms with Crippen LogP contribution in [0.15, 0.2) is 36.1 Å². The molecule has 1 saturated heterocycles. The number of hydrogen-bond acceptors (Lipinski definition) is 8. The molecule has 4 aliphatic rings. The highest BCUT2D eigenvalue weighted by atomic mass is 16.6. The third kappa shape index (κ3) is 2.75. The molecule has 2 aliphatic heterocycles. The van der Waals surface area contributed by atoms with E-state index < -0.39 is 29.1 Å².